The van der Waals surface area contributed by atoms with Crippen LogP contribution in [-0.4, -0.2) is 29.3 Å². The third-order valence-corrected chi connectivity index (χ3v) is 7.26. The highest BCUT2D eigenvalue weighted by molar-refractivity contribution is 7.17. The highest BCUT2D eigenvalue weighted by Crippen LogP contribution is 2.38. The number of carbonyl (C=O) groups excluding carboxylic acids is 3. The second kappa shape index (κ2) is 9.29. The molecule has 4 N–H and O–H groups in total. The number of primary amides is 1. The zero-order chi connectivity index (χ0) is 24.7. The molecule has 3 heterocycles. The van der Waals surface area contributed by atoms with Crippen molar-refractivity contribution in [3.63, 3.8) is 0 Å². The third kappa shape index (κ3) is 4.72. The number of nitrogens with one attached hydrogen (secondary N) is 2. The van der Waals surface area contributed by atoms with Gasteiger partial charge in [-0.25, -0.2) is 4.79 Å². The summed E-state index contributed by atoms with van der Waals surface area (Å²) in [5, 5.41) is 14.5. The number of fused-ring (bicyclic) bond motifs is 2. The summed E-state index contributed by atoms with van der Waals surface area (Å²) >= 11 is 13.2. The molecule has 0 unspecified atom stereocenters. The lowest BCUT2D eigenvalue weighted by atomic mass is 10.0. The first-order valence-corrected chi connectivity index (χ1v) is 12.1. The molecule has 5 rings (SSSR count). The van der Waals surface area contributed by atoms with E-state index in [1.54, 1.807) is 35.2 Å². The van der Waals surface area contributed by atoms with E-state index in [2.05, 4.69) is 20.9 Å². The van der Waals surface area contributed by atoms with Crippen molar-refractivity contribution in [2.75, 3.05) is 17.2 Å². The minimum absolute atomic E-state index is 0.139. The Morgan fingerprint density at radius 2 is 1.83 bits per heavy atom. The molecule has 1 aromatic heterocycles. The number of carbonyl (C=O) groups is 3. The van der Waals surface area contributed by atoms with Gasteiger partial charge in [0.05, 0.1) is 24.3 Å². The first kappa shape index (κ1) is 23.3. The summed E-state index contributed by atoms with van der Waals surface area (Å²) in [7, 11) is 0. The van der Waals surface area contributed by atoms with E-state index < -0.39 is 11.9 Å². The van der Waals surface area contributed by atoms with Crippen molar-refractivity contribution in [2.45, 2.75) is 19.5 Å². The summed E-state index contributed by atoms with van der Waals surface area (Å²) < 4.78 is 0. The smallest absolute Gasteiger partial charge is 0.324 e. The molecule has 9 nitrogen and oxygen atoms in total. The molecule has 2 aliphatic rings. The predicted molar refractivity (Wildman–Crippen MR) is 135 cm³/mol. The molecule has 0 fully saturated rings. The molecule has 0 saturated heterocycles. The maximum Gasteiger partial charge on any atom is 0.324 e. The van der Waals surface area contributed by atoms with Gasteiger partial charge < -0.3 is 16.0 Å². The van der Waals surface area contributed by atoms with Crippen LogP contribution in [0.1, 0.15) is 36.7 Å². The number of urea groups is 1. The van der Waals surface area contributed by atoms with Crippen LogP contribution in [0.25, 0.3) is 0 Å². The molecule has 0 bridgehead atoms. The van der Waals surface area contributed by atoms with Gasteiger partial charge in [-0.05, 0) is 42.3 Å². The van der Waals surface area contributed by atoms with Crippen LogP contribution in [0.5, 0.6) is 0 Å². The molecule has 178 valence electrons. The van der Waals surface area contributed by atoms with Crippen molar-refractivity contribution in [3.8, 4) is 0 Å². The molecule has 2 aromatic carbocycles. The summed E-state index contributed by atoms with van der Waals surface area (Å²) in [4.78, 5) is 40.5. The van der Waals surface area contributed by atoms with Gasteiger partial charge in [-0.2, -0.15) is 10.2 Å². The Balaban J connectivity index is 1.35. The number of nitrogens with two attached hydrogens (primary N) is 1. The SMILES string of the molecule is NC(=O)c1c(NC(=O)Nc2cc(Cl)cc(Cl)c2)sc2c1CCN(C(=O)c1ccc3c(c1)N=NC3)C2. The molecule has 0 aliphatic carbocycles. The molecule has 0 atom stereocenters. The van der Waals surface area contributed by atoms with Gasteiger partial charge in [-0.15, -0.1) is 11.3 Å². The van der Waals surface area contributed by atoms with Crippen LogP contribution in [0.4, 0.5) is 21.2 Å². The number of azo groups is 1. The maximum atomic E-state index is 13.1. The van der Waals surface area contributed by atoms with Gasteiger partial charge in [0.2, 0.25) is 0 Å². The lowest BCUT2D eigenvalue weighted by Gasteiger charge is -2.27. The number of amides is 4. The largest absolute Gasteiger partial charge is 0.365 e. The molecule has 0 saturated carbocycles. The van der Waals surface area contributed by atoms with Crippen LogP contribution in [0.15, 0.2) is 46.6 Å². The number of thiophene rings is 1. The van der Waals surface area contributed by atoms with Gasteiger partial charge >= 0.3 is 6.03 Å². The highest BCUT2D eigenvalue weighted by atomic mass is 35.5. The number of rotatable bonds is 4. The Hall–Kier alpha value is -3.47. The van der Waals surface area contributed by atoms with E-state index >= 15 is 0 Å². The summed E-state index contributed by atoms with van der Waals surface area (Å²) in [6.07, 6.45) is 0.438. The van der Waals surface area contributed by atoms with Crippen LogP contribution in [0, 0.1) is 0 Å². The number of halogens is 2. The second-order valence-corrected chi connectivity index (χ2v) is 10.0. The van der Waals surface area contributed by atoms with Gasteiger partial charge in [0, 0.05) is 38.3 Å². The Labute approximate surface area is 213 Å². The molecule has 12 heteroatoms. The van der Waals surface area contributed by atoms with E-state index in [1.165, 1.54) is 11.3 Å². The van der Waals surface area contributed by atoms with E-state index in [-0.39, 0.29) is 11.5 Å². The van der Waals surface area contributed by atoms with Crippen molar-refractivity contribution in [1.82, 2.24) is 4.90 Å². The Morgan fingerprint density at radius 1 is 1.06 bits per heavy atom. The fourth-order valence-electron chi connectivity index (χ4n) is 4.11. The van der Waals surface area contributed by atoms with Crippen LogP contribution < -0.4 is 16.4 Å². The average molecular weight is 529 g/mol. The number of nitrogens with zero attached hydrogens (tertiary/aromatic N) is 3. The Bertz CT molecular complexity index is 1400. The minimum atomic E-state index is -0.646. The van der Waals surface area contributed by atoms with Gasteiger partial charge in [-0.3, -0.25) is 14.9 Å². The number of hydrogen-bond donors (Lipinski definition) is 3. The zero-order valence-electron chi connectivity index (χ0n) is 18.1. The zero-order valence-corrected chi connectivity index (χ0v) is 20.4. The molecule has 35 heavy (non-hydrogen) atoms. The molecular weight excluding hydrogens is 511 g/mol. The Kier molecular flexibility index (Phi) is 6.18. The van der Waals surface area contributed by atoms with Gasteiger partial charge in [0.1, 0.15) is 5.00 Å². The normalized spacial score (nSPS) is 13.8. The molecule has 2 aliphatic heterocycles. The Morgan fingerprint density at radius 3 is 2.57 bits per heavy atom. The van der Waals surface area contributed by atoms with Gasteiger partial charge in [0.15, 0.2) is 0 Å². The van der Waals surface area contributed by atoms with E-state index in [0.29, 0.717) is 58.0 Å². The predicted octanol–water partition coefficient (Wildman–Crippen LogP) is 5.59. The highest BCUT2D eigenvalue weighted by Gasteiger charge is 2.30. The van der Waals surface area contributed by atoms with Crippen LogP contribution >= 0.6 is 34.5 Å². The topological polar surface area (TPSA) is 129 Å². The van der Waals surface area contributed by atoms with Gasteiger partial charge in [0.25, 0.3) is 11.8 Å². The average Bonchev–Trinajstić information content (AvgIpc) is 3.40. The van der Waals surface area contributed by atoms with Crippen LogP contribution in [-0.2, 0) is 19.5 Å². The quantitative estimate of drug-likeness (QED) is 0.407. The molecule has 0 spiro atoms. The van der Waals surface area contributed by atoms with E-state index in [4.69, 9.17) is 28.9 Å². The van der Waals surface area contributed by atoms with Crippen molar-refractivity contribution >= 4 is 68.8 Å². The van der Waals surface area contributed by atoms with Crippen molar-refractivity contribution in [2.24, 2.45) is 16.0 Å². The minimum Gasteiger partial charge on any atom is -0.365 e. The molecule has 3 aromatic rings. The number of anilines is 2. The maximum absolute atomic E-state index is 13.1. The number of hydrogen-bond acceptors (Lipinski definition) is 6. The van der Waals surface area contributed by atoms with Gasteiger partial charge in [-0.1, -0.05) is 29.3 Å². The lowest BCUT2D eigenvalue weighted by Crippen LogP contribution is -2.36. The van der Waals surface area contributed by atoms with Crippen molar-refractivity contribution in [3.05, 3.63) is 73.6 Å². The summed E-state index contributed by atoms with van der Waals surface area (Å²) in [6.45, 7) is 1.23. The van der Waals surface area contributed by atoms with Crippen molar-refractivity contribution in [1.29, 1.82) is 0 Å². The standard InChI is InChI=1S/C23H18Cl2N6O3S/c24-13-6-14(25)8-15(7-13)28-23(34)29-21-19(20(26)32)16-3-4-31(10-18(16)35-21)22(33)11-1-2-12-9-27-30-17(12)5-11/h1-2,5-8H,3-4,9-10H2,(H2,26,32)(H2,28,29,34). The van der Waals surface area contributed by atoms with Crippen LogP contribution in [0.2, 0.25) is 10.0 Å². The summed E-state index contributed by atoms with van der Waals surface area (Å²) in [5.74, 6) is -0.785. The first-order valence-electron chi connectivity index (χ1n) is 10.6. The van der Waals surface area contributed by atoms with Crippen LogP contribution in [0.3, 0.4) is 0 Å². The fraction of sp³-hybridized carbons (Fsp3) is 0.174. The second-order valence-electron chi connectivity index (χ2n) is 8.03. The van der Waals surface area contributed by atoms with E-state index in [9.17, 15) is 14.4 Å². The summed E-state index contributed by atoms with van der Waals surface area (Å²) in [6, 6.07) is 9.44. The molecule has 0 radical (unpaired) electrons. The molecular formula is C23H18Cl2N6O3S. The first-order chi connectivity index (χ1) is 16.8. The van der Waals surface area contributed by atoms with Crippen molar-refractivity contribution < 1.29 is 14.4 Å². The third-order valence-electron chi connectivity index (χ3n) is 5.69. The van der Waals surface area contributed by atoms with E-state index in [0.717, 1.165) is 16.0 Å². The monoisotopic (exact) mass is 528 g/mol. The lowest BCUT2D eigenvalue weighted by molar-refractivity contribution is 0.0737. The molecule has 4 amide bonds. The fourth-order valence-corrected chi connectivity index (χ4v) is 5.90. The number of benzene rings is 2. The summed E-state index contributed by atoms with van der Waals surface area (Å²) in [5.41, 5.74) is 9.27. The van der Waals surface area contributed by atoms with E-state index in [1.807, 2.05) is 6.07 Å².